The van der Waals surface area contributed by atoms with E-state index in [9.17, 15) is 27.8 Å². The Morgan fingerprint density at radius 1 is 1.18 bits per heavy atom. The number of sulfonamides is 1. The Balaban J connectivity index is 2.61. The van der Waals surface area contributed by atoms with Crippen LogP contribution in [0, 0.1) is 5.82 Å². The Morgan fingerprint density at radius 2 is 1.79 bits per heavy atom. The molecule has 1 aromatic carbocycles. The molecule has 0 spiro atoms. The van der Waals surface area contributed by atoms with Gasteiger partial charge in [0.15, 0.2) is 0 Å². The number of aliphatic carboxylic acids is 1. The molecule has 9 nitrogen and oxygen atoms in total. The summed E-state index contributed by atoms with van der Waals surface area (Å²) in [5, 5.41) is 28.8. The molecule has 2 rings (SSSR count). The van der Waals surface area contributed by atoms with Crippen molar-refractivity contribution in [1.29, 1.82) is 0 Å². The maximum atomic E-state index is 13.5. The molecule has 2 unspecified atom stereocenters. The van der Waals surface area contributed by atoms with Crippen LogP contribution in [0.4, 0.5) is 10.3 Å². The van der Waals surface area contributed by atoms with Gasteiger partial charge in [-0.15, -0.1) is 0 Å². The number of anilines is 1. The standard InChI is InChI=1S/C22H28FN3O6S/c1-13(2)20-18(10-9-16(27)11-17(28)12-19(29)30)21(14-5-7-15(23)8-6-14)25-22(24-20)26(3)33(4,31)32/h5-10,13,16-17,27-28H,11-12H2,1-4H3,(H,29,30)/b10-9-. The number of benzene rings is 1. The van der Waals surface area contributed by atoms with Gasteiger partial charge in [-0.25, -0.2) is 27.1 Å². The summed E-state index contributed by atoms with van der Waals surface area (Å²) in [7, 11) is -2.33. The lowest BCUT2D eigenvalue weighted by atomic mass is 9.97. The Bertz CT molecular complexity index is 1120. The van der Waals surface area contributed by atoms with Gasteiger partial charge in [0.05, 0.1) is 36.3 Å². The summed E-state index contributed by atoms with van der Waals surface area (Å²) >= 11 is 0. The van der Waals surface area contributed by atoms with Crippen molar-refractivity contribution in [1.82, 2.24) is 9.97 Å². The van der Waals surface area contributed by atoms with Gasteiger partial charge in [-0.05, 0) is 30.2 Å². The molecule has 0 aliphatic rings. The minimum absolute atomic E-state index is 0.0601. The third-order valence-electron chi connectivity index (χ3n) is 4.82. The minimum Gasteiger partial charge on any atom is -0.481 e. The first-order valence-corrected chi connectivity index (χ1v) is 12.0. The van der Waals surface area contributed by atoms with Crippen LogP contribution in [0.2, 0.25) is 0 Å². The lowest BCUT2D eigenvalue weighted by molar-refractivity contribution is -0.139. The number of nitrogens with zero attached hydrogens (tertiary/aromatic N) is 3. The second kappa shape index (κ2) is 10.8. The fourth-order valence-electron chi connectivity index (χ4n) is 3.05. The van der Waals surface area contributed by atoms with Crippen molar-refractivity contribution < 1.29 is 32.9 Å². The van der Waals surface area contributed by atoms with Gasteiger partial charge < -0.3 is 15.3 Å². The highest BCUT2D eigenvalue weighted by Crippen LogP contribution is 2.31. The van der Waals surface area contributed by atoms with Crippen LogP contribution in [-0.4, -0.2) is 65.2 Å². The molecule has 180 valence electrons. The Labute approximate surface area is 192 Å². The summed E-state index contributed by atoms with van der Waals surface area (Å²) in [5.41, 5.74) is 1.80. The van der Waals surface area contributed by atoms with E-state index in [1.54, 1.807) is 0 Å². The molecular weight excluding hydrogens is 453 g/mol. The molecule has 1 heterocycles. The molecule has 2 aromatic rings. The fourth-order valence-corrected chi connectivity index (χ4v) is 3.42. The van der Waals surface area contributed by atoms with Gasteiger partial charge in [0.1, 0.15) is 5.82 Å². The van der Waals surface area contributed by atoms with Gasteiger partial charge in [-0.2, -0.15) is 0 Å². The summed E-state index contributed by atoms with van der Waals surface area (Å²) < 4.78 is 38.6. The van der Waals surface area contributed by atoms with E-state index in [4.69, 9.17) is 5.11 Å². The molecule has 0 aliphatic carbocycles. The number of carbonyl (C=O) groups is 1. The van der Waals surface area contributed by atoms with E-state index in [1.807, 2.05) is 13.8 Å². The molecule has 0 saturated carbocycles. The van der Waals surface area contributed by atoms with Crippen molar-refractivity contribution in [3.63, 3.8) is 0 Å². The Hall–Kier alpha value is -2.89. The smallest absolute Gasteiger partial charge is 0.305 e. The number of aliphatic hydroxyl groups is 2. The maximum Gasteiger partial charge on any atom is 0.305 e. The van der Waals surface area contributed by atoms with Crippen LogP contribution in [0.15, 0.2) is 30.3 Å². The van der Waals surface area contributed by atoms with Crippen molar-refractivity contribution in [2.24, 2.45) is 0 Å². The van der Waals surface area contributed by atoms with Crippen LogP contribution in [0.5, 0.6) is 0 Å². The van der Waals surface area contributed by atoms with Crippen LogP contribution in [-0.2, 0) is 14.8 Å². The van der Waals surface area contributed by atoms with Crippen LogP contribution in [0.1, 0.15) is 43.9 Å². The lowest BCUT2D eigenvalue weighted by Gasteiger charge is -2.20. The van der Waals surface area contributed by atoms with Crippen LogP contribution >= 0.6 is 0 Å². The van der Waals surface area contributed by atoms with Crippen molar-refractivity contribution >= 4 is 28.0 Å². The Morgan fingerprint density at radius 3 is 2.30 bits per heavy atom. The predicted octanol–water partition coefficient (Wildman–Crippen LogP) is 2.40. The molecule has 3 N–H and O–H groups in total. The van der Waals surface area contributed by atoms with Gasteiger partial charge in [0.2, 0.25) is 16.0 Å². The van der Waals surface area contributed by atoms with Crippen LogP contribution in [0.3, 0.4) is 0 Å². The van der Waals surface area contributed by atoms with Crippen molar-refractivity contribution in [3.05, 3.63) is 47.4 Å². The number of carboxylic acids is 1. The summed E-state index contributed by atoms with van der Waals surface area (Å²) in [4.78, 5) is 19.6. The van der Waals surface area contributed by atoms with Crippen molar-refractivity contribution in [2.45, 2.75) is 44.8 Å². The highest BCUT2D eigenvalue weighted by molar-refractivity contribution is 7.92. The molecule has 0 bridgehead atoms. The quantitative estimate of drug-likeness (QED) is 0.470. The number of hydrogen-bond donors (Lipinski definition) is 3. The fraction of sp³-hybridized carbons (Fsp3) is 0.409. The van der Waals surface area contributed by atoms with Gasteiger partial charge in [0, 0.05) is 24.6 Å². The summed E-state index contributed by atoms with van der Waals surface area (Å²) in [6.07, 6.45) is 0.860. The van der Waals surface area contributed by atoms with Crippen molar-refractivity contribution in [3.8, 4) is 11.3 Å². The predicted molar refractivity (Wildman–Crippen MR) is 123 cm³/mol. The van der Waals surface area contributed by atoms with E-state index in [-0.39, 0.29) is 18.3 Å². The zero-order valence-corrected chi connectivity index (χ0v) is 19.6. The van der Waals surface area contributed by atoms with E-state index in [0.29, 0.717) is 22.5 Å². The van der Waals surface area contributed by atoms with E-state index in [2.05, 4.69) is 9.97 Å². The van der Waals surface area contributed by atoms with Gasteiger partial charge in [-0.1, -0.05) is 26.0 Å². The molecule has 2 atom stereocenters. The molecule has 0 saturated heterocycles. The van der Waals surface area contributed by atoms with E-state index in [0.717, 1.165) is 10.6 Å². The maximum absolute atomic E-state index is 13.5. The third-order valence-corrected chi connectivity index (χ3v) is 5.97. The molecule has 33 heavy (non-hydrogen) atoms. The number of carboxylic acid groups (broad SMARTS) is 1. The average Bonchev–Trinajstić information content (AvgIpc) is 2.70. The van der Waals surface area contributed by atoms with E-state index < -0.39 is 40.4 Å². The minimum atomic E-state index is -3.65. The summed E-state index contributed by atoms with van der Waals surface area (Å²) in [6.45, 7) is 3.71. The SMILES string of the molecule is CC(C)c1nc(N(C)S(C)(=O)=O)nc(-c2ccc(F)cc2)c1/C=C\C(O)CC(O)CC(=O)O. The first-order chi connectivity index (χ1) is 15.3. The molecule has 0 amide bonds. The molecular formula is C22H28FN3O6S. The monoisotopic (exact) mass is 481 g/mol. The number of aliphatic hydroxyl groups excluding tert-OH is 2. The number of aromatic nitrogens is 2. The van der Waals surface area contributed by atoms with Gasteiger partial charge in [-0.3, -0.25) is 4.79 Å². The molecule has 0 aliphatic heterocycles. The third kappa shape index (κ3) is 7.31. The first kappa shape index (κ1) is 26.4. The topological polar surface area (TPSA) is 141 Å². The zero-order chi connectivity index (χ0) is 24.9. The highest BCUT2D eigenvalue weighted by atomic mass is 32.2. The molecule has 0 radical (unpaired) electrons. The lowest BCUT2D eigenvalue weighted by Crippen LogP contribution is -2.27. The van der Waals surface area contributed by atoms with Gasteiger partial charge >= 0.3 is 5.97 Å². The van der Waals surface area contributed by atoms with E-state index in [1.165, 1.54) is 43.5 Å². The largest absolute Gasteiger partial charge is 0.481 e. The van der Waals surface area contributed by atoms with Crippen LogP contribution < -0.4 is 4.31 Å². The van der Waals surface area contributed by atoms with Crippen molar-refractivity contribution in [2.75, 3.05) is 17.6 Å². The van der Waals surface area contributed by atoms with E-state index >= 15 is 0 Å². The summed E-state index contributed by atoms with van der Waals surface area (Å²) in [6, 6.07) is 5.49. The normalized spacial score (nSPS) is 13.9. The molecule has 11 heteroatoms. The second-order valence-electron chi connectivity index (χ2n) is 7.98. The second-order valence-corrected chi connectivity index (χ2v) is 9.99. The van der Waals surface area contributed by atoms with Gasteiger partial charge in [0.25, 0.3) is 0 Å². The highest BCUT2D eigenvalue weighted by Gasteiger charge is 2.22. The average molecular weight is 482 g/mol. The van der Waals surface area contributed by atoms with Crippen LogP contribution in [0.25, 0.3) is 17.3 Å². The Kier molecular flexibility index (Phi) is 8.64. The number of hydrogen-bond acceptors (Lipinski definition) is 7. The molecule has 1 aromatic heterocycles. The molecule has 0 fully saturated rings. The number of halogens is 1. The summed E-state index contributed by atoms with van der Waals surface area (Å²) in [5.74, 6) is -1.87. The number of rotatable bonds is 10. The first-order valence-electron chi connectivity index (χ1n) is 10.2. The zero-order valence-electron chi connectivity index (χ0n) is 18.8.